The Morgan fingerprint density at radius 1 is 1.35 bits per heavy atom. The van der Waals surface area contributed by atoms with Crippen LogP contribution in [0.25, 0.3) is 5.65 Å². The van der Waals surface area contributed by atoms with Crippen molar-refractivity contribution >= 4 is 51.1 Å². The monoisotopic (exact) mass is 524 g/mol. The number of aliphatic hydroxyl groups excluding tert-OH is 1. The van der Waals surface area contributed by atoms with E-state index in [1.807, 2.05) is 0 Å². The lowest BCUT2D eigenvalue weighted by molar-refractivity contribution is -0.136. The Hall–Kier alpha value is -2.38. The molecule has 4 rings (SSSR count). The summed E-state index contributed by atoms with van der Waals surface area (Å²) in [7, 11) is 0. The Kier molecular flexibility index (Phi) is 5.38. The number of halogens is 5. The van der Waals surface area contributed by atoms with E-state index in [1.165, 1.54) is 6.20 Å². The number of β-amino-alcohol motifs (C(OH)–C–C–N with tert-alkyl or cyclic N) is 1. The van der Waals surface area contributed by atoms with Gasteiger partial charge in [0.15, 0.2) is 17.9 Å². The molecule has 2 fully saturated rings. The maximum absolute atomic E-state index is 13.4. The lowest BCUT2D eigenvalue weighted by atomic mass is 10.00. The molecule has 2 aliphatic rings. The number of likely N-dealkylation sites (tertiary alicyclic amines) is 1. The number of pyridine rings is 1. The minimum Gasteiger partial charge on any atom is -0.439 e. The van der Waals surface area contributed by atoms with Crippen LogP contribution in [0.5, 0.6) is 0 Å². The van der Waals surface area contributed by atoms with E-state index in [0.717, 1.165) is 20.3 Å². The van der Waals surface area contributed by atoms with E-state index in [0.29, 0.717) is 0 Å². The molecule has 0 saturated carbocycles. The van der Waals surface area contributed by atoms with Crippen LogP contribution < -0.4 is 0 Å². The summed E-state index contributed by atoms with van der Waals surface area (Å²) in [6.07, 6.45) is -5.57. The van der Waals surface area contributed by atoms with E-state index in [4.69, 9.17) is 11.6 Å². The number of aromatic nitrogens is 2. The highest BCUT2D eigenvalue weighted by Crippen LogP contribution is 2.36. The fourth-order valence-electron chi connectivity index (χ4n) is 3.67. The molecule has 0 aliphatic carbocycles. The lowest BCUT2D eigenvalue weighted by Gasteiger charge is -2.38. The molecular formula is C17H13BrClF3N4O5. The van der Waals surface area contributed by atoms with Gasteiger partial charge in [-0.15, -0.1) is 0 Å². The number of nitrogens with zero attached hydrogens (tertiary/aromatic N) is 4. The lowest BCUT2D eigenvalue weighted by Crippen LogP contribution is -2.56. The molecule has 2 aliphatic heterocycles. The predicted molar refractivity (Wildman–Crippen MR) is 101 cm³/mol. The van der Waals surface area contributed by atoms with Gasteiger partial charge in [0, 0.05) is 23.8 Å². The minimum atomic E-state index is -4.73. The number of ether oxygens (including phenoxy) is 1. The first kappa shape index (κ1) is 21.8. The summed E-state index contributed by atoms with van der Waals surface area (Å²) in [5.41, 5.74) is -2.02. The van der Waals surface area contributed by atoms with Crippen LogP contribution in [0.1, 0.15) is 22.5 Å². The number of piperidine rings is 1. The Bertz CT molecular complexity index is 1090. The predicted octanol–water partition coefficient (Wildman–Crippen LogP) is 2.32. The van der Waals surface area contributed by atoms with Crippen molar-refractivity contribution in [2.24, 2.45) is 0 Å². The number of amides is 3. The molecule has 0 aromatic carbocycles. The number of aliphatic hydroxyl groups is 1. The standard InChI is InChI=1S/C17H13BrClF3N4O5/c18-7-3-8(17(20,21)22)14-23-12(13(19)25(14)4-7)15(29)24-2-1-9(10(27)5-24)26-11(28)6-31-16(26)30/h3-4,9-10,27H,1-2,5-6H2. The number of hydrogen-bond donors (Lipinski definition) is 1. The van der Waals surface area contributed by atoms with Crippen molar-refractivity contribution in [2.75, 3.05) is 19.7 Å². The molecule has 0 spiro atoms. The fraction of sp³-hybridized carbons (Fsp3) is 0.412. The number of imide groups is 1. The van der Waals surface area contributed by atoms with Crippen LogP contribution in [0.4, 0.5) is 18.0 Å². The summed E-state index contributed by atoms with van der Waals surface area (Å²) in [5, 5.41) is 10.1. The van der Waals surface area contributed by atoms with Crippen molar-refractivity contribution in [3.63, 3.8) is 0 Å². The summed E-state index contributed by atoms with van der Waals surface area (Å²) in [4.78, 5) is 42.2. The highest BCUT2D eigenvalue weighted by molar-refractivity contribution is 9.10. The van der Waals surface area contributed by atoms with Gasteiger partial charge in [-0.25, -0.2) is 14.7 Å². The van der Waals surface area contributed by atoms with Gasteiger partial charge in [0.1, 0.15) is 5.15 Å². The van der Waals surface area contributed by atoms with Gasteiger partial charge in [-0.05, 0) is 28.4 Å². The van der Waals surface area contributed by atoms with Crippen molar-refractivity contribution < 1.29 is 37.4 Å². The molecule has 166 valence electrons. The second-order valence-electron chi connectivity index (χ2n) is 7.01. The molecule has 9 nitrogen and oxygen atoms in total. The maximum Gasteiger partial charge on any atom is 0.420 e. The van der Waals surface area contributed by atoms with E-state index in [9.17, 15) is 32.7 Å². The average Bonchev–Trinajstić information content (AvgIpc) is 3.19. The van der Waals surface area contributed by atoms with Gasteiger partial charge in [-0.2, -0.15) is 13.2 Å². The second-order valence-corrected chi connectivity index (χ2v) is 8.28. The fourth-order valence-corrected chi connectivity index (χ4v) is 4.35. The molecule has 1 N–H and O–H groups in total. The van der Waals surface area contributed by atoms with Gasteiger partial charge >= 0.3 is 12.3 Å². The van der Waals surface area contributed by atoms with Crippen LogP contribution in [-0.2, 0) is 15.7 Å². The molecule has 4 heterocycles. The summed E-state index contributed by atoms with van der Waals surface area (Å²) < 4.78 is 45.8. The van der Waals surface area contributed by atoms with Crippen molar-refractivity contribution in [2.45, 2.75) is 24.7 Å². The van der Waals surface area contributed by atoms with E-state index in [-0.39, 0.29) is 29.1 Å². The van der Waals surface area contributed by atoms with E-state index < -0.39 is 59.7 Å². The van der Waals surface area contributed by atoms with E-state index >= 15 is 0 Å². The van der Waals surface area contributed by atoms with Crippen molar-refractivity contribution in [3.8, 4) is 0 Å². The second kappa shape index (κ2) is 7.64. The Labute approximate surface area is 185 Å². The molecular weight excluding hydrogens is 513 g/mol. The zero-order valence-electron chi connectivity index (χ0n) is 15.4. The number of cyclic esters (lactones) is 1. The molecule has 3 amide bonds. The summed E-state index contributed by atoms with van der Waals surface area (Å²) in [6, 6.07) is -0.0511. The molecule has 2 atom stereocenters. The number of imidazole rings is 1. The van der Waals surface area contributed by atoms with Crippen LogP contribution in [0.2, 0.25) is 5.15 Å². The normalized spacial score (nSPS) is 22.4. The zero-order chi connectivity index (χ0) is 22.7. The molecule has 2 saturated heterocycles. The SMILES string of the molecule is O=C(c1nc2c(C(F)(F)F)cc(Br)cn2c1Cl)N1CCC(N2C(=O)COC2=O)C(O)C1. The third-order valence-electron chi connectivity index (χ3n) is 5.09. The van der Waals surface area contributed by atoms with Crippen LogP contribution in [0.3, 0.4) is 0 Å². The summed E-state index contributed by atoms with van der Waals surface area (Å²) >= 11 is 9.14. The van der Waals surface area contributed by atoms with Crippen molar-refractivity contribution in [1.82, 2.24) is 19.2 Å². The molecule has 0 radical (unpaired) electrons. The average molecular weight is 526 g/mol. The Balaban J connectivity index is 1.61. The molecule has 0 bridgehead atoms. The molecule has 2 aromatic heterocycles. The highest BCUT2D eigenvalue weighted by atomic mass is 79.9. The molecule has 2 aromatic rings. The smallest absolute Gasteiger partial charge is 0.420 e. The van der Waals surface area contributed by atoms with Crippen LogP contribution in [-0.4, -0.2) is 74.0 Å². The molecule has 2 unspecified atom stereocenters. The number of alkyl halides is 3. The zero-order valence-corrected chi connectivity index (χ0v) is 17.7. The number of hydrogen-bond acceptors (Lipinski definition) is 6. The first-order chi connectivity index (χ1) is 14.5. The first-order valence-electron chi connectivity index (χ1n) is 8.89. The molecule has 14 heteroatoms. The third-order valence-corrected chi connectivity index (χ3v) is 5.88. The van der Waals surface area contributed by atoms with Gasteiger partial charge in [0.2, 0.25) is 0 Å². The third kappa shape index (κ3) is 3.74. The number of carbonyl (C=O) groups is 3. The summed E-state index contributed by atoms with van der Waals surface area (Å²) in [6.45, 7) is -0.684. The Morgan fingerprint density at radius 3 is 2.65 bits per heavy atom. The van der Waals surface area contributed by atoms with Gasteiger partial charge in [0.25, 0.3) is 11.8 Å². The quantitative estimate of drug-likeness (QED) is 0.646. The maximum atomic E-state index is 13.4. The summed E-state index contributed by atoms with van der Waals surface area (Å²) in [5.74, 6) is -1.38. The van der Waals surface area contributed by atoms with Crippen LogP contribution in [0.15, 0.2) is 16.7 Å². The molecule has 31 heavy (non-hydrogen) atoms. The largest absolute Gasteiger partial charge is 0.439 e. The highest BCUT2D eigenvalue weighted by Gasteiger charge is 2.44. The van der Waals surface area contributed by atoms with Gasteiger partial charge in [0.05, 0.1) is 17.7 Å². The van der Waals surface area contributed by atoms with Crippen molar-refractivity contribution in [3.05, 3.63) is 33.1 Å². The van der Waals surface area contributed by atoms with Crippen LogP contribution in [0, 0.1) is 0 Å². The number of fused-ring (bicyclic) bond motifs is 1. The van der Waals surface area contributed by atoms with E-state index in [1.54, 1.807) is 0 Å². The number of rotatable bonds is 2. The number of carbonyl (C=O) groups excluding carboxylic acids is 3. The Morgan fingerprint density at radius 2 is 2.06 bits per heavy atom. The van der Waals surface area contributed by atoms with Crippen LogP contribution >= 0.6 is 27.5 Å². The van der Waals surface area contributed by atoms with Gasteiger partial charge in [-0.3, -0.25) is 14.0 Å². The minimum absolute atomic E-state index is 0.0116. The van der Waals surface area contributed by atoms with Gasteiger partial charge in [-0.1, -0.05) is 11.6 Å². The first-order valence-corrected chi connectivity index (χ1v) is 10.1. The van der Waals surface area contributed by atoms with E-state index in [2.05, 4.69) is 25.7 Å². The van der Waals surface area contributed by atoms with Crippen molar-refractivity contribution in [1.29, 1.82) is 0 Å². The topological polar surface area (TPSA) is 104 Å². The van der Waals surface area contributed by atoms with Gasteiger partial charge < -0.3 is 14.7 Å².